The molecule has 1 aromatic carbocycles. The third-order valence-electron chi connectivity index (χ3n) is 4.21. The highest BCUT2D eigenvalue weighted by molar-refractivity contribution is 5.70. The van der Waals surface area contributed by atoms with Crippen molar-refractivity contribution in [3.05, 3.63) is 35.9 Å². The summed E-state index contributed by atoms with van der Waals surface area (Å²) in [7, 11) is 0. The van der Waals surface area contributed by atoms with Crippen LogP contribution in [-0.4, -0.2) is 48.0 Å². The Morgan fingerprint density at radius 1 is 1.19 bits per heavy atom. The molecule has 0 atom stereocenters. The fourth-order valence-corrected chi connectivity index (χ4v) is 2.74. The summed E-state index contributed by atoms with van der Waals surface area (Å²) in [5, 5.41) is 2.64. The lowest BCUT2D eigenvalue weighted by atomic mass is 9.89. The molecule has 0 saturated carbocycles. The molecule has 7 heteroatoms. The average molecular weight is 366 g/mol. The molecule has 1 aliphatic heterocycles. The smallest absolute Gasteiger partial charge is 0.410 e. The number of rotatable bonds is 4. The Morgan fingerprint density at radius 3 is 2.35 bits per heavy atom. The highest BCUT2D eigenvalue weighted by atomic mass is 19.1. The van der Waals surface area contributed by atoms with Crippen molar-refractivity contribution in [2.75, 3.05) is 19.8 Å². The first-order valence-corrected chi connectivity index (χ1v) is 8.76. The van der Waals surface area contributed by atoms with E-state index >= 15 is 0 Å². The maximum absolute atomic E-state index is 13.6. The molecule has 1 N–H and O–H groups in total. The van der Waals surface area contributed by atoms with Crippen LogP contribution in [0.4, 0.5) is 14.0 Å². The quantitative estimate of drug-likeness (QED) is 0.883. The van der Waals surface area contributed by atoms with Gasteiger partial charge >= 0.3 is 12.2 Å². The fraction of sp³-hybridized carbons (Fsp3) is 0.579. The van der Waals surface area contributed by atoms with E-state index in [9.17, 15) is 14.0 Å². The SMILES string of the molecule is CC(C)(C)OC(=O)NC1(CF)CCN(C(=O)OCc2ccccc2)CC1. The van der Waals surface area contributed by atoms with E-state index in [0.29, 0.717) is 25.9 Å². The second-order valence-electron chi connectivity index (χ2n) is 7.57. The van der Waals surface area contributed by atoms with Crippen LogP contribution < -0.4 is 5.32 Å². The van der Waals surface area contributed by atoms with Crippen LogP contribution in [0.15, 0.2) is 30.3 Å². The number of hydrogen-bond acceptors (Lipinski definition) is 4. The van der Waals surface area contributed by atoms with E-state index in [2.05, 4.69) is 5.32 Å². The van der Waals surface area contributed by atoms with Gasteiger partial charge in [-0.1, -0.05) is 30.3 Å². The Balaban J connectivity index is 1.83. The Morgan fingerprint density at radius 2 is 1.81 bits per heavy atom. The van der Waals surface area contributed by atoms with Crippen molar-refractivity contribution in [2.45, 2.75) is 51.4 Å². The van der Waals surface area contributed by atoms with Gasteiger partial charge in [0.05, 0.1) is 5.54 Å². The molecule has 6 nitrogen and oxygen atoms in total. The standard InChI is InChI=1S/C19H27FN2O4/c1-18(2,3)26-16(23)21-19(14-20)9-11-22(12-10-19)17(24)25-13-15-7-5-4-6-8-15/h4-8H,9-14H2,1-3H3,(H,21,23). The van der Waals surface area contributed by atoms with Gasteiger partial charge in [-0.15, -0.1) is 0 Å². The highest BCUT2D eigenvalue weighted by Crippen LogP contribution is 2.24. The number of benzene rings is 1. The molecule has 1 aromatic rings. The number of hydrogen-bond donors (Lipinski definition) is 1. The molecular weight excluding hydrogens is 339 g/mol. The number of carbonyl (C=O) groups is 2. The second-order valence-corrected chi connectivity index (χ2v) is 7.57. The van der Waals surface area contributed by atoms with Crippen LogP contribution >= 0.6 is 0 Å². The Hall–Kier alpha value is -2.31. The summed E-state index contributed by atoms with van der Waals surface area (Å²) in [4.78, 5) is 25.7. The summed E-state index contributed by atoms with van der Waals surface area (Å²) in [6, 6.07) is 9.40. The number of nitrogens with zero attached hydrogens (tertiary/aromatic N) is 1. The first-order chi connectivity index (χ1) is 12.2. The molecule has 0 spiro atoms. The number of piperidine rings is 1. The van der Waals surface area contributed by atoms with Crippen LogP contribution in [0.25, 0.3) is 0 Å². The minimum atomic E-state index is -1.00. The van der Waals surface area contributed by atoms with Crippen molar-refractivity contribution < 1.29 is 23.5 Å². The normalized spacial score (nSPS) is 16.7. The summed E-state index contributed by atoms with van der Waals surface area (Å²) in [6.07, 6.45) is -0.458. The maximum atomic E-state index is 13.6. The van der Waals surface area contributed by atoms with Crippen molar-refractivity contribution in [2.24, 2.45) is 0 Å². The first kappa shape index (κ1) is 20.0. The first-order valence-electron chi connectivity index (χ1n) is 8.76. The molecule has 1 fully saturated rings. The minimum Gasteiger partial charge on any atom is -0.445 e. The third-order valence-corrected chi connectivity index (χ3v) is 4.21. The zero-order chi connectivity index (χ0) is 19.2. The van der Waals surface area contributed by atoms with Gasteiger partial charge in [-0.3, -0.25) is 0 Å². The van der Waals surface area contributed by atoms with Crippen molar-refractivity contribution in [1.82, 2.24) is 10.2 Å². The number of alkyl halides is 1. The fourth-order valence-electron chi connectivity index (χ4n) is 2.74. The molecule has 0 aromatic heterocycles. The number of ether oxygens (including phenoxy) is 2. The number of carbonyl (C=O) groups excluding carboxylic acids is 2. The van der Waals surface area contributed by atoms with Crippen LogP contribution in [-0.2, 0) is 16.1 Å². The molecule has 0 bridgehead atoms. The Kier molecular flexibility index (Phi) is 6.45. The van der Waals surface area contributed by atoms with Gasteiger partial charge in [0, 0.05) is 13.1 Å². The average Bonchev–Trinajstić information content (AvgIpc) is 2.59. The molecule has 1 aliphatic rings. The summed E-state index contributed by atoms with van der Waals surface area (Å²) in [5.41, 5.74) is -0.746. The lowest BCUT2D eigenvalue weighted by Crippen LogP contribution is -2.58. The van der Waals surface area contributed by atoms with Gasteiger partial charge in [-0.25, -0.2) is 14.0 Å². The molecule has 1 heterocycles. The van der Waals surface area contributed by atoms with Crippen LogP contribution in [0.5, 0.6) is 0 Å². The molecule has 144 valence electrons. The lowest BCUT2D eigenvalue weighted by molar-refractivity contribution is 0.0324. The molecule has 2 amide bonds. The number of amides is 2. The summed E-state index contributed by atoms with van der Waals surface area (Å²) >= 11 is 0. The van der Waals surface area contributed by atoms with Gasteiger partial charge in [0.1, 0.15) is 18.9 Å². The summed E-state index contributed by atoms with van der Waals surface area (Å²) in [5.74, 6) is 0. The van der Waals surface area contributed by atoms with E-state index < -0.39 is 30.0 Å². The minimum absolute atomic E-state index is 0.195. The Bertz CT molecular complexity index is 608. The highest BCUT2D eigenvalue weighted by Gasteiger charge is 2.39. The van der Waals surface area contributed by atoms with Gasteiger partial charge in [0.2, 0.25) is 0 Å². The van der Waals surface area contributed by atoms with Crippen LogP contribution in [0.1, 0.15) is 39.2 Å². The molecule has 0 aliphatic carbocycles. The van der Waals surface area contributed by atoms with Gasteiger partial charge in [0.15, 0.2) is 0 Å². The number of nitrogens with one attached hydrogen (secondary N) is 1. The maximum Gasteiger partial charge on any atom is 0.410 e. The van der Waals surface area contributed by atoms with E-state index in [0.717, 1.165) is 5.56 Å². The lowest BCUT2D eigenvalue weighted by Gasteiger charge is -2.40. The van der Waals surface area contributed by atoms with Crippen LogP contribution in [0.3, 0.4) is 0 Å². The second kappa shape index (κ2) is 8.38. The molecule has 26 heavy (non-hydrogen) atoms. The zero-order valence-corrected chi connectivity index (χ0v) is 15.6. The molecule has 0 unspecified atom stereocenters. The third kappa shape index (κ3) is 5.89. The van der Waals surface area contributed by atoms with Gasteiger partial charge in [-0.2, -0.15) is 0 Å². The van der Waals surface area contributed by atoms with E-state index in [4.69, 9.17) is 9.47 Å². The number of halogens is 1. The van der Waals surface area contributed by atoms with E-state index in [1.807, 2.05) is 30.3 Å². The predicted molar refractivity (Wildman–Crippen MR) is 95.5 cm³/mol. The number of alkyl carbamates (subject to hydrolysis) is 1. The van der Waals surface area contributed by atoms with Crippen LogP contribution in [0.2, 0.25) is 0 Å². The summed E-state index contributed by atoms with van der Waals surface area (Å²) in [6.45, 7) is 5.36. The van der Waals surface area contributed by atoms with Crippen molar-refractivity contribution >= 4 is 12.2 Å². The number of likely N-dealkylation sites (tertiary alicyclic amines) is 1. The van der Waals surface area contributed by atoms with Crippen molar-refractivity contribution in [3.63, 3.8) is 0 Å². The largest absolute Gasteiger partial charge is 0.445 e. The van der Waals surface area contributed by atoms with Crippen molar-refractivity contribution in [1.29, 1.82) is 0 Å². The molecule has 0 radical (unpaired) electrons. The summed E-state index contributed by atoms with van der Waals surface area (Å²) < 4.78 is 24.1. The van der Waals surface area contributed by atoms with Gasteiger partial charge in [-0.05, 0) is 39.2 Å². The topological polar surface area (TPSA) is 67.9 Å². The van der Waals surface area contributed by atoms with Gasteiger partial charge in [0.25, 0.3) is 0 Å². The van der Waals surface area contributed by atoms with E-state index in [-0.39, 0.29) is 6.61 Å². The van der Waals surface area contributed by atoms with Gasteiger partial charge < -0.3 is 19.7 Å². The Labute approximate surface area is 153 Å². The molecule has 2 rings (SSSR count). The molecule has 1 saturated heterocycles. The van der Waals surface area contributed by atoms with Crippen molar-refractivity contribution in [3.8, 4) is 0 Å². The predicted octanol–water partition coefficient (Wildman–Crippen LogP) is 3.65. The van der Waals surface area contributed by atoms with E-state index in [1.54, 1.807) is 20.8 Å². The van der Waals surface area contributed by atoms with Crippen LogP contribution in [0, 0.1) is 0 Å². The monoisotopic (exact) mass is 366 g/mol. The molecular formula is C19H27FN2O4. The van der Waals surface area contributed by atoms with E-state index in [1.165, 1.54) is 4.90 Å². The zero-order valence-electron chi connectivity index (χ0n) is 15.6.